The van der Waals surface area contributed by atoms with Gasteiger partial charge in [-0.25, -0.2) is 0 Å². The minimum Gasteiger partial charge on any atom is -0.379 e. The second-order valence-corrected chi connectivity index (χ2v) is 5.09. The van der Waals surface area contributed by atoms with Crippen LogP contribution < -0.4 is 0 Å². The lowest BCUT2D eigenvalue weighted by Gasteiger charge is -2.38. The molecule has 0 saturated carbocycles. The summed E-state index contributed by atoms with van der Waals surface area (Å²) in [5.41, 5.74) is -1.27. The van der Waals surface area contributed by atoms with E-state index in [9.17, 15) is 19.8 Å². The summed E-state index contributed by atoms with van der Waals surface area (Å²) in [5, 5.41) is 19.7. The Morgan fingerprint density at radius 1 is 1.35 bits per heavy atom. The SMILES string of the molecule is C[C@H]1O[C@@H](O)CC[C@]1(O)C(=O)CC(=O)c1ccccc1. The largest absolute Gasteiger partial charge is 0.379 e. The first-order valence-electron chi connectivity index (χ1n) is 6.61. The molecule has 1 heterocycles. The number of aliphatic hydroxyl groups excluding tert-OH is 1. The van der Waals surface area contributed by atoms with E-state index in [-0.39, 0.29) is 25.0 Å². The van der Waals surface area contributed by atoms with E-state index in [0.717, 1.165) is 0 Å². The lowest BCUT2D eigenvalue weighted by molar-refractivity contribution is -0.225. The predicted octanol–water partition coefficient (Wildman–Crippen LogP) is 1.08. The highest BCUT2D eigenvalue weighted by Crippen LogP contribution is 2.30. The van der Waals surface area contributed by atoms with Gasteiger partial charge in [-0.3, -0.25) is 9.59 Å². The lowest BCUT2D eigenvalue weighted by atomic mass is 9.83. The van der Waals surface area contributed by atoms with E-state index in [1.165, 1.54) is 6.92 Å². The van der Waals surface area contributed by atoms with Gasteiger partial charge < -0.3 is 14.9 Å². The molecular weight excluding hydrogens is 260 g/mol. The molecule has 0 aromatic heterocycles. The first-order chi connectivity index (χ1) is 9.43. The van der Waals surface area contributed by atoms with E-state index in [2.05, 4.69) is 0 Å². The van der Waals surface area contributed by atoms with E-state index in [4.69, 9.17) is 4.74 Å². The van der Waals surface area contributed by atoms with Crippen LogP contribution in [0.1, 0.15) is 36.5 Å². The van der Waals surface area contributed by atoms with Gasteiger partial charge in [0.05, 0.1) is 12.5 Å². The van der Waals surface area contributed by atoms with Crippen LogP contribution in [-0.4, -0.2) is 39.8 Å². The van der Waals surface area contributed by atoms with Crippen LogP contribution in [0.3, 0.4) is 0 Å². The van der Waals surface area contributed by atoms with Crippen molar-refractivity contribution in [3.8, 4) is 0 Å². The number of hydrogen-bond acceptors (Lipinski definition) is 5. The molecule has 5 heteroatoms. The Bertz CT molecular complexity index is 498. The standard InChI is InChI=1S/C15H18O5/c1-10-15(19,8-7-14(18)20-10)13(17)9-12(16)11-5-3-2-4-6-11/h2-6,10,14,18-19H,7-9H2,1H3/t10-,14-,15-/m1/s1. The Hall–Kier alpha value is -1.56. The summed E-state index contributed by atoms with van der Waals surface area (Å²) in [6.07, 6.45) is -1.91. The van der Waals surface area contributed by atoms with Gasteiger partial charge in [0.1, 0.15) is 5.60 Å². The van der Waals surface area contributed by atoms with Gasteiger partial charge in [-0.2, -0.15) is 0 Å². The molecular formula is C15H18O5. The number of carbonyl (C=O) groups excluding carboxylic acids is 2. The van der Waals surface area contributed by atoms with Crippen LogP contribution in [-0.2, 0) is 9.53 Å². The van der Waals surface area contributed by atoms with Crippen molar-refractivity contribution in [3.63, 3.8) is 0 Å². The molecule has 0 bridgehead atoms. The van der Waals surface area contributed by atoms with Crippen molar-refractivity contribution < 1.29 is 24.5 Å². The topological polar surface area (TPSA) is 83.8 Å². The predicted molar refractivity (Wildman–Crippen MR) is 71.1 cm³/mol. The Morgan fingerprint density at radius 3 is 2.60 bits per heavy atom. The van der Waals surface area contributed by atoms with Gasteiger partial charge >= 0.3 is 0 Å². The Morgan fingerprint density at radius 2 is 2.00 bits per heavy atom. The quantitative estimate of drug-likeness (QED) is 0.636. The van der Waals surface area contributed by atoms with Crippen LogP contribution in [0.15, 0.2) is 30.3 Å². The molecule has 1 fully saturated rings. The van der Waals surface area contributed by atoms with E-state index in [1.54, 1.807) is 30.3 Å². The zero-order valence-electron chi connectivity index (χ0n) is 11.3. The molecule has 0 radical (unpaired) electrons. The molecule has 3 atom stereocenters. The van der Waals surface area contributed by atoms with Crippen molar-refractivity contribution in [1.82, 2.24) is 0 Å². The third-order valence-corrected chi connectivity index (χ3v) is 3.71. The molecule has 0 amide bonds. The molecule has 0 aliphatic carbocycles. The molecule has 20 heavy (non-hydrogen) atoms. The number of carbonyl (C=O) groups is 2. The summed E-state index contributed by atoms with van der Waals surface area (Å²) in [7, 11) is 0. The minimum atomic E-state index is -1.70. The molecule has 1 aromatic carbocycles. The number of ketones is 2. The number of Topliss-reactive ketones (excluding diaryl/α,β-unsaturated/α-hetero) is 2. The molecule has 1 aliphatic heterocycles. The van der Waals surface area contributed by atoms with Crippen LogP contribution >= 0.6 is 0 Å². The van der Waals surface area contributed by atoms with E-state index in [1.807, 2.05) is 0 Å². The lowest BCUT2D eigenvalue weighted by Crippen LogP contribution is -2.54. The summed E-state index contributed by atoms with van der Waals surface area (Å²) >= 11 is 0. The molecule has 5 nitrogen and oxygen atoms in total. The van der Waals surface area contributed by atoms with Crippen LogP contribution in [0.25, 0.3) is 0 Å². The maximum absolute atomic E-state index is 12.2. The zero-order valence-corrected chi connectivity index (χ0v) is 11.3. The van der Waals surface area contributed by atoms with Crippen molar-refractivity contribution in [2.45, 2.75) is 44.2 Å². The van der Waals surface area contributed by atoms with Gasteiger partial charge in [0.2, 0.25) is 0 Å². The Kier molecular flexibility index (Phi) is 4.32. The molecule has 2 N–H and O–H groups in total. The number of rotatable bonds is 4. The van der Waals surface area contributed by atoms with Crippen molar-refractivity contribution >= 4 is 11.6 Å². The van der Waals surface area contributed by atoms with Crippen molar-refractivity contribution in [2.24, 2.45) is 0 Å². The van der Waals surface area contributed by atoms with Crippen molar-refractivity contribution in [2.75, 3.05) is 0 Å². The average molecular weight is 278 g/mol. The highest BCUT2D eigenvalue weighted by Gasteiger charge is 2.46. The Labute approximate surface area is 117 Å². The molecule has 1 saturated heterocycles. The zero-order chi connectivity index (χ0) is 14.8. The normalized spacial score (nSPS) is 29.9. The fraction of sp³-hybridized carbons (Fsp3) is 0.467. The summed E-state index contributed by atoms with van der Waals surface area (Å²) in [4.78, 5) is 24.2. The number of hydrogen-bond donors (Lipinski definition) is 2. The smallest absolute Gasteiger partial charge is 0.174 e. The summed E-state index contributed by atoms with van der Waals surface area (Å²) in [5.74, 6) is -0.895. The van der Waals surface area contributed by atoms with E-state index >= 15 is 0 Å². The summed E-state index contributed by atoms with van der Waals surface area (Å²) < 4.78 is 5.08. The van der Waals surface area contributed by atoms with Crippen LogP contribution in [0.2, 0.25) is 0 Å². The van der Waals surface area contributed by atoms with Gasteiger partial charge in [-0.1, -0.05) is 30.3 Å². The van der Waals surface area contributed by atoms with Gasteiger partial charge in [0.25, 0.3) is 0 Å². The highest BCUT2D eigenvalue weighted by atomic mass is 16.6. The minimum absolute atomic E-state index is 0.0935. The first kappa shape index (κ1) is 14.8. The Balaban J connectivity index is 2.06. The van der Waals surface area contributed by atoms with Crippen molar-refractivity contribution in [3.05, 3.63) is 35.9 Å². The first-order valence-corrected chi connectivity index (χ1v) is 6.61. The van der Waals surface area contributed by atoms with Crippen LogP contribution in [0.5, 0.6) is 0 Å². The molecule has 0 unspecified atom stereocenters. The number of ether oxygens (including phenoxy) is 1. The number of aliphatic hydroxyl groups is 2. The van der Waals surface area contributed by atoms with Gasteiger partial charge in [0, 0.05) is 12.0 Å². The monoisotopic (exact) mass is 278 g/mol. The van der Waals surface area contributed by atoms with Crippen molar-refractivity contribution in [1.29, 1.82) is 0 Å². The summed E-state index contributed by atoms with van der Waals surface area (Å²) in [6.45, 7) is 1.52. The highest BCUT2D eigenvalue weighted by molar-refractivity contribution is 6.10. The molecule has 0 spiro atoms. The summed E-state index contributed by atoms with van der Waals surface area (Å²) in [6, 6.07) is 8.48. The average Bonchev–Trinajstić information content (AvgIpc) is 2.44. The third kappa shape index (κ3) is 2.95. The third-order valence-electron chi connectivity index (χ3n) is 3.71. The van der Waals surface area contributed by atoms with Crippen LogP contribution in [0.4, 0.5) is 0 Å². The fourth-order valence-electron chi connectivity index (χ4n) is 2.35. The van der Waals surface area contributed by atoms with Crippen LogP contribution in [0, 0.1) is 0 Å². The van der Waals surface area contributed by atoms with Gasteiger partial charge in [0.15, 0.2) is 17.9 Å². The maximum Gasteiger partial charge on any atom is 0.174 e. The second-order valence-electron chi connectivity index (χ2n) is 5.09. The fourth-order valence-corrected chi connectivity index (χ4v) is 2.35. The molecule has 1 aliphatic rings. The van der Waals surface area contributed by atoms with Gasteiger partial charge in [-0.05, 0) is 13.3 Å². The maximum atomic E-state index is 12.2. The van der Waals surface area contributed by atoms with E-state index in [0.29, 0.717) is 5.56 Å². The second kappa shape index (κ2) is 5.83. The molecule has 1 aromatic rings. The molecule has 2 rings (SSSR count). The number of benzene rings is 1. The van der Waals surface area contributed by atoms with Gasteiger partial charge in [-0.15, -0.1) is 0 Å². The van der Waals surface area contributed by atoms with E-state index < -0.39 is 23.8 Å². The molecule has 108 valence electrons.